The van der Waals surface area contributed by atoms with Crippen LogP contribution in [0.5, 0.6) is 0 Å². The molecule has 0 saturated carbocycles. The number of hydrogen-bond acceptors (Lipinski definition) is 4. The third kappa shape index (κ3) is 2.95. The van der Waals surface area contributed by atoms with Crippen LogP contribution in [0.1, 0.15) is 40.0 Å². The second kappa shape index (κ2) is 4.34. The Kier molecular flexibility index (Phi) is 3.22. The Labute approximate surface area is 96.7 Å². The minimum Gasteiger partial charge on any atom is -0.459 e. The van der Waals surface area contributed by atoms with Gasteiger partial charge in [-0.3, -0.25) is 4.79 Å². The number of hydrogen-bond donors (Lipinski definition) is 1. The van der Waals surface area contributed by atoms with Gasteiger partial charge in [0.25, 0.3) is 0 Å². The van der Waals surface area contributed by atoms with Crippen LogP contribution in [-0.2, 0) is 14.3 Å². The molecule has 4 nitrogen and oxygen atoms in total. The van der Waals surface area contributed by atoms with Crippen LogP contribution in [0.4, 0.5) is 0 Å². The lowest BCUT2D eigenvalue weighted by Gasteiger charge is -2.22. The SMILES string of the molecule is CC(C)(C)OC(=O)CNC1CC2CCC1O2. The number of esters is 1. The molecular formula is C12H21NO3. The Morgan fingerprint density at radius 1 is 1.44 bits per heavy atom. The molecule has 0 radical (unpaired) electrons. The molecule has 3 atom stereocenters. The molecule has 92 valence electrons. The highest BCUT2D eigenvalue weighted by molar-refractivity contribution is 5.72. The van der Waals surface area contributed by atoms with E-state index in [9.17, 15) is 4.79 Å². The normalized spacial score (nSPS) is 33.1. The molecule has 0 aliphatic carbocycles. The van der Waals surface area contributed by atoms with Crippen molar-refractivity contribution in [1.82, 2.24) is 5.32 Å². The van der Waals surface area contributed by atoms with Gasteiger partial charge < -0.3 is 14.8 Å². The van der Waals surface area contributed by atoms with E-state index in [2.05, 4.69) is 5.32 Å². The Balaban J connectivity index is 1.70. The molecule has 2 rings (SSSR count). The first kappa shape index (κ1) is 11.9. The van der Waals surface area contributed by atoms with E-state index >= 15 is 0 Å². The number of carbonyl (C=O) groups is 1. The summed E-state index contributed by atoms with van der Waals surface area (Å²) in [6.45, 7) is 5.93. The molecular weight excluding hydrogens is 206 g/mol. The van der Waals surface area contributed by atoms with Crippen LogP contribution in [0.2, 0.25) is 0 Å². The second-order valence-corrected chi connectivity index (χ2v) is 5.68. The average Bonchev–Trinajstić information content (AvgIpc) is 2.72. The van der Waals surface area contributed by atoms with Gasteiger partial charge in [0.05, 0.1) is 18.8 Å². The zero-order valence-corrected chi connectivity index (χ0v) is 10.3. The van der Waals surface area contributed by atoms with Crippen molar-refractivity contribution >= 4 is 5.97 Å². The van der Waals surface area contributed by atoms with Gasteiger partial charge in [-0.25, -0.2) is 0 Å². The summed E-state index contributed by atoms with van der Waals surface area (Å²) in [5, 5.41) is 3.24. The number of fused-ring (bicyclic) bond motifs is 2. The molecule has 1 N–H and O–H groups in total. The molecule has 0 aromatic heterocycles. The van der Waals surface area contributed by atoms with Crippen molar-refractivity contribution in [3.63, 3.8) is 0 Å². The van der Waals surface area contributed by atoms with E-state index in [1.54, 1.807) is 0 Å². The van der Waals surface area contributed by atoms with Crippen molar-refractivity contribution in [1.29, 1.82) is 0 Å². The smallest absolute Gasteiger partial charge is 0.320 e. The topological polar surface area (TPSA) is 47.6 Å². The van der Waals surface area contributed by atoms with Crippen molar-refractivity contribution in [2.75, 3.05) is 6.54 Å². The first-order chi connectivity index (χ1) is 7.44. The van der Waals surface area contributed by atoms with Gasteiger partial charge in [0.2, 0.25) is 0 Å². The Morgan fingerprint density at radius 3 is 2.69 bits per heavy atom. The molecule has 2 saturated heterocycles. The Bertz CT molecular complexity index is 272. The molecule has 2 aliphatic heterocycles. The molecule has 0 aromatic rings. The van der Waals surface area contributed by atoms with Gasteiger partial charge in [0.1, 0.15) is 5.60 Å². The van der Waals surface area contributed by atoms with Gasteiger partial charge in [-0.15, -0.1) is 0 Å². The van der Waals surface area contributed by atoms with Crippen molar-refractivity contribution in [3.05, 3.63) is 0 Å². The lowest BCUT2D eigenvalue weighted by molar-refractivity contribution is -0.153. The summed E-state index contributed by atoms with van der Waals surface area (Å²) in [6, 6.07) is 0.339. The summed E-state index contributed by atoms with van der Waals surface area (Å²) in [5.41, 5.74) is -0.399. The predicted octanol–water partition coefficient (Wildman–Crippen LogP) is 1.24. The molecule has 2 heterocycles. The Morgan fingerprint density at radius 2 is 2.19 bits per heavy atom. The highest BCUT2D eigenvalue weighted by Gasteiger charge is 2.40. The van der Waals surface area contributed by atoms with Gasteiger partial charge in [0, 0.05) is 6.04 Å². The molecule has 3 unspecified atom stereocenters. The van der Waals surface area contributed by atoms with E-state index in [1.807, 2.05) is 20.8 Å². The highest BCUT2D eigenvalue weighted by atomic mass is 16.6. The van der Waals surface area contributed by atoms with Crippen molar-refractivity contribution in [2.45, 2.75) is 63.9 Å². The zero-order chi connectivity index (χ0) is 11.8. The van der Waals surface area contributed by atoms with Crippen LogP contribution in [0.25, 0.3) is 0 Å². The van der Waals surface area contributed by atoms with Gasteiger partial charge in [-0.1, -0.05) is 0 Å². The van der Waals surface area contributed by atoms with Crippen LogP contribution >= 0.6 is 0 Å². The van der Waals surface area contributed by atoms with Crippen molar-refractivity contribution in [2.24, 2.45) is 0 Å². The number of carbonyl (C=O) groups excluding carboxylic acids is 1. The monoisotopic (exact) mass is 227 g/mol. The maximum absolute atomic E-state index is 11.5. The summed E-state index contributed by atoms with van der Waals surface area (Å²) in [5.74, 6) is -0.185. The minimum absolute atomic E-state index is 0.185. The molecule has 16 heavy (non-hydrogen) atoms. The first-order valence-electron chi connectivity index (χ1n) is 6.05. The van der Waals surface area contributed by atoms with Crippen molar-refractivity contribution in [3.8, 4) is 0 Å². The third-order valence-corrected chi connectivity index (χ3v) is 3.03. The molecule has 4 heteroatoms. The minimum atomic E-state index is -0.399. The van der Waals surface area contributed by atoms with Crippen molar-refractivity contribution < 1.29 is 14.3 Å². The third-order valence-electron chi connectivity index (χ3n) is 3.03. The summed E-state index contributed by atoms with van der Waals surface area (Å²) in [7, 11) is 0. The van der Waals surface area contributed by atoms with Crippen LogP contribution in [0, 0.1) is 0 Å². The maximum atomic E-state index is 11.5. The maximum Gasteiger partial charge on any atom is 0.320 e. The summed E-state index contributed by atoms with van der Waals surface area (Å²) in [4.78, 5) is 11.5. The van der Waals surface area contributed by atoms with E-state index in [-0.39, 0.29) is 12.5 Å². The van der Waals surface area contributed by atoms with Gasteiger partial charge in [0.15, 0.2) is 0 Å². The molecule has 0 amide bonds. The fourth-order valence-corrected chi connectivity index (χ4v) is 2.44. The predicted molar refractivity (Wildman–Crippen MR) is 60.1 cm³/mol. The van der Waals surface area contributed by atoms with Crippen LogP contribution < -0.4 is 5.32 Å². The van der Waals surface area contributed by atoms with Crippen LogP contribution in [-0.4, -0.2) is 36.4 Å². The van der Waals surface area contributed by atoms with E-state index in [0.29, 0.717) is 18.2 Å². The molecule has 2 aliphatic rings. The highest BCUT2D eigenvalue weighted by Crippen LogP contribution is 2.34. The summed E-state index contributed by atoms with van der Waals surface area (Å²) >= 11 is 0. The number of nitrogens with one attached hydrogen (secondary N) is 1. The zero-order valence-electron chi connectivity index (χ0n) is 10.3. The average molecular weight is 227 g/mol. The fraction of sp³-hybridized carbons (Fsp3) is 0.917. The molecule has 2 bridgehead atoms. The standard InChI is InChI=1S/C12H21NO3/c1-12(2,3)16-11(14)7-13-9-6-8-4-5-10(9)15-8/h8-10,13H,4-7H2,1-3H3. The van der Waals surface area contributed by atoms with E-state index in [1.165, 1.54) is 6.42 Å². The van der Waals surface area contributed by atoms with E-state index in [4.69, 9.17) is 9.47 Å². The van der Waals surface area contributed by atoms with Crippen LogP contribution in [0.3, 0.4) is 0 Å². The van der Waals surface area contributed by atoms with E-state index in [0.717, 1.165) is 12.8 Å². The largest absolute Gasteiger partial charge is 0.459 e. The van der Waals surface area contributed by atoms with Gasteiger partial charge in [-0.05, 0) is 40.0 Å². The molecule has 0 spiro atoms. The molecule has 2 fully saturated rings. The lowest BCUT2D eigenvalue weighted by Crippen LogP contribution is -2.42. The van der Waals surface area contributed by atoms with E-state index < -0.39 is 5.60 Å². The van der Waals surface area contributed by atoms with Gasteiger partial charge >= 0.3 is 5.97 Å². The second-order valence-electron chi connectivity index (χ2n) is 5.68. The number of rotatable bonds is 3. The van der Waals surface area contributed by atoms with Crippen LogP contribution in [0.15, 0.2) is 0 Å². The fourth-order valence-electron chi connectivity index (χ4n) is 2.44. The van der Waals surface area contributed by atoms with Gasteiger partial charge in [-0.2, -0.15) is 0 Å². The summed E-state index contributed by atoms with van der Waals surface area (Å²) in [6.07, 6.45) is 4.06. The molecule has 0 aromatic carbocycles. The number of ether oxygens (including phenoxy) is 2. The first-order valence-corrected chi connectivity index (χ1v) is 6.05. The quantitative estimate of drug-likeness (QED) is 0.737. The lowest BCUT2D eigenvalue weighted by atomic mass is 9.95. The Hall–Kier alpha value is -0.610. The summed E-state index contributed by atoms with van der Waals surface area (Å²) < 4.78 is 10.9.